The number of piperidine rings is 1. The quantitative estimate of drug-likeness (QED) is 0.879. The van der Waals surface area contributed by atoms with E-state index in [0.717, 1.165) is 32.4 Å². The van der Waals surface area contributed by atoms with Crippen molar-refractivity contribution in [3.05, 3.63) is 11.9 Å². The Kier molecular flexibility index (Phi) is 5.11. The lowest BCUT2D eigenvalue weighted by Gasteiger charge is -2.31. The summed E-state index contributed by atoms with van der Waals surface area (Å²) < 4.78 is 1.74. The Balaban J connectivity index is 1.95. The fraction of sp³-hybridized carbons (Fsp3) is 0.786. The SMILES string of the molecule is CC(C)CCn1cc(C(=O)N2CCCC(CO)C2)nn1. The van der Waals surface area contributed by atoms with E-state index in [0.29, 0.717) is 18.2 Å². The number of carbonyl (C=O) groups excluding carboxylic acids is 1. The first kappa shape index (κ1) is 15.0. The lowest BCUT2D eigenvalue weighted by molar-refractivity contribution is 0.0615. The average Bonchev–Trinajstić information content (AvgIpc) is 2.93. The number of aliphatic hydroxyl groups is 1. The van der Waals surface area contributed by atoms with Gasteiger partial charge in [0.05, 0.1) is 6.20 Å². The van der Waals surface area contributed by atoms with Gasteiger partial charge in [-0.15, -0.1) is 5.10 Å². The molecule has 1 aromatic rings. The Morgan fingerprint density at radius 3 is 3.05 bits per heavy atom. The molecular formula is C14H24N4O2. The van der Waals surface area contributed by atoms with Crippen molar-refractivity contribution in [3.8, 4) is 0 Å². The number of rotatable bonds is 5. The number of likely N-dealkylation sites (tertiary alicyclic amines) is 1. The fourth-order valence-corrected chi connectivity index (χ4v) is 2.46. The largest absolute Gasteiger partial charge is 0.396 e. The predicted octanol–water partition coefficient (Wildman–Crippen LogP) is 1.17. The summed E-state index contributed by atoms with van der Waals surface area (Å²) in [6, 6.07) is 0. The predicted molar refractivity (Wildman–Crippen MR) is 75.2 cm³/mol. The highest BCUT2D eigenvalue weighted by atomic mass is 16.3. The second kappa shape index (κ2) is 6.83. The highest BCUT2D eigenvalue weighted by Crippen LogP contribution is 2.17. The number of hydrogen-bond acceptors (Lipinski definition) is 4. The molecule has 0 radical (unpaired) electrons. The van der Waals surface area contributed by atoms with Gasteiger partial charge in [0.15, 0.2) is 5.69 Å². The molecule has 1 aliphatic heterocycles. The van der Waals surface area contributed by atoms with Crippen molar-refractivity contribution >= 4 is 5.91 Å². The number of aromatic nitrogens is 3. The molecule has 0 aliphatic carbocycles. The lowest BCUT2D eigenvalue weighted by atomic mass is 9.99. The molecule has 1 unspecified atom stereocenters. The number of aryl methyl sites for hydroxylation is 1. The standard InChI is InChI=1S/C14H24N4O2/c1-11(2)5-7-18-9-13(15-16-18)14(20)17-6-3-4-12(8-17)10-19/h9,11-12,19H,3-8,10H2,1-2H3. The first-order chi connectivity index (χ1) is 9.60. The van der Waals surface area contributed by atoms with Crippen molar-refractivity contribution in [2.45, 2.75) is 39.7 Å². The van der Waals surface area contributed by atoms with E-state index in [-0.39, 0.29) is 18.4 Å². The van der Waals surface area contributed by atoms with Crippen molar-refractivity contribution < 1.29 is 9.90 Å². The van der Waals surface area contributed by atoms with E-state index in [1.54, 1.807) is 15.8 Å². The minimum atomic E-state index is -0.0704. The Labute approximate surface area is 119 Å². The third-order valence-electron chi connectivity index (χ3n) is 3.76. The summed E-state index contributed by atoms with van der Waals surface area (Å²) in [6.45, 7) is 6.61. The van der Waals surface area contributed by atoms with Gasteiger partial charge in [-0.1, -0.05) is 19.1 Å². The number of amides is 1. The van der Waals surface area contributed by atoms with Gasteiger partial charge >= 0.3 is 0 Å². The molecule has 6 nitrogen and oxygen atoms in total. The van der Waals surface area contributed by atoms with Crippen molar-refractivity contribution in [1.82, 2.24) is 19.9 Å². The van der Waals surface area contributed by atoms with E-state index < -0.39 is 0 Å². The van der Waals surface area contributed by atoms with Crippen LogP contribution >= 0.6 is 0 Å². The third-order valence-corrected chi connectivity index (χ3v) is 3.76. The minimum Gasteiger partial charge on any atom is -0.396 e. The average molecular weight is 280 g/mol. The zero-order chi connectivity index (χ0) is 14.5. The molecule has 20 heavy (non-hydrogen) atoms. The molecule has 112 valence electrons. The van der Waals surface area contributed by atoms with Gasteiger partial charge in [-0.2, -0.15) is 0 Å². The summed E-state index contributed by atoms with van der Waals surface area (Å²) >= 11 is 0. The van der Waals surface area contributed by atoms with Crippen molar-refractivity contribution in [3.63, 3.8) is 0 Å². The first-order valence-corrected chi connectivity index (χ1v) is 7.40. The first-order valence-electron chi connectivity index (χ1n) is 7.40. The monoisotopic (exact) mass is 280 g/mol. The van der Waals surface area contributed by atoms with E-state index >= 15 is 0 Å². The van der Waals surface area contributed by atoms with Gasteiger partial charge < -0.3 is 10.0 Å². The summed E-state index contributed by atoms with van der Waals surface area (Å²) in [5.74, 6) is 0.730. The zero-order valence-corrected chi connectivity index (χ0v) is 12.3. The summed E-state index contributed by atoms with van der Waals surface area (Å²) in [6.07, 6.45) is 4.68. The number of hydrogen-bond donors (Lipinski definition) is 1. The summed E-state index contributed by atoms with van der Waals surface area (Å²) in [5.41, 5.74) is 0.410. The normalized spacial score (nSPS) is 19.6. The summed E-state index contributed by atoms with van der Waals surface area (Å²) in [4.78, 5) is 14.1. The molecule has 1 saturated heterocycles. The zero-order valence-electron chi connectivity index (χ0n) is 12.3. The molecule has 6 heteroatoms. The van der Waals surface area contributed by atoms with Gasteiger partial charge in [-0.3, -0.25) is 9.48 Å². The van der Waals surface area contributed by atoms with E-state index in [1.807, 2.05) is 0 Å². The van der Waals surface area contributed by atoms with Crippen LogP contribution in [0.4, 0.5) is 0 Å². The second-order valence-electron chi connectivity index (χ2n) is 5.99. The summed E-state index contributed by atoms with van der Waals surface area (Å²) in [5, 5.41) is 17.2. The van der Waals surface area contributed by atoms with Crippen LogP contribution in [0.25, 0.3) is 0 Å². The van der Waals surface area contributed by atoms with Gasteiger partial charge in [0, 0.05) is 26.2 Å². The summed E-state index contributed by atoms with van der Waals surface area (Å²) in [7, 11) is 0. The Morgan fingerprint density at radius 2 is 2.35 bits per heavy atom. The van der Waals surface area contributed by atoms with Crippen LogP contribution in [0.15, 0.2) is 6.20 Å². The number of aliphatic hydroxyl groups excluding tert-OH is 1. The van der Waals surface area contributed by atoms with Crippen LogP contribution in [0.1, 0.15) is 43.6 Å². The van der Waals surface area contributed by atoms with Crippen LogP contribution < -0.4 is 0 Å². The maximum Gasteiger partial charge on any atom is 0.276 e. The third kappa shape index (κ3) is 3.79. The van der Waals surface area contributed by atoms with Crippen molar-refractivity contribution in [2.75, 3.05) is 19.7 Å². The van der Waals surface area contributed by atoms with Crippen LogP contribution in [0.3, 0.4) is 0 Å². The van der Waals surface area contributed by atoms with Crippen LogP contribution in [-0.2, 0) is 6.54 Å². The van der Waals surface area contributed by atoms with Gasteiger partial charge in [-0.05, 0) is 31.1 Å². The van der Waals surface area contributed by atoms with E-state index in [2.05, 4.69) is 24.2 Å². The van der Waals surface area contributed by atoms with Gasteiger partial charge in [0.1, 0.15) is 0 Å². The lowest BCUT2D eigenvalue weighted by Crippen LogP contribution is -2.41. The Hall–Kier alpha value is -1.43. The highest BCUT2D eigenvalue weighted by Gasteiger charge is 2.25. The molecule has 0 spiro atoms. The molecular weight excluding hydrogens is 256 g/mol. The van der Waals surface area contributed by atoms with Crippen LogP contribution in [0.5, 0.6) is 0 Å². The fourth-order valence-electron chi connectivity index (χ4n) is 2.46. The molecule has 1 aliphatic rings. The molecule has 0 aromatic carbocycles. The molecule has 1 N–H and O–H groups in total. The molecule has 1 atom stereocenters. The molecule has 0 saturated carbocycles. The van der Waals surface area contributed by atoms with Gasteiger partial charge in [0.25, 0.3) is 5.91 Å². The minimum absolute atomic E-state index is 0.0704. The van der Waals surface area contributed by atoms with Crippen LogP contribution in [0.2, 0.25) is 0 Å². The van der Waals surface area contributed by atoms with Gasteiger partial charge in [-0.25, -0.2) is 0 Å². The van der Waals surface area contributed by atoms with E-state index in [9.17, 15) is 9.90 Å². The molecule has 1 aromatic heterocycles. The van der Waals surface area contributed by atoms with Crippen LogP contribution in [-0.4, -0.2) is 50.6 Å². The van der Waals surface area contributed by atoms with E-state index in [4.69, 9.17) is 0 Å². The Morgan fingerprint density at radius 1 is 1.55 bits per heavy atom. The topological polar surface area (TPSA) is 71.2 Å². The van der Waals surface area contributed by atoms with Crippen molar-refractivity contribution in [1.29, 1.82) is 0 Å². The maximum atomic E-state index is 12.3. The number of carbonyl (C=O) groups is 1. The smallest absolute Gasteiger partial charge is 0.276 e. The molecule has 1 fully saturated rings. The second-order valence-corrected chi connectivity index (χ2v) is 5.99. The molecule has 1 amide bonds. The van der Waals surface area contributed by atoms with Crippen molar-refractivity contribution in [2.24, 2.45) is 11.8 Å². The maximum absolute atomic E-state index is 12.3. The van der Waals surface area contributed by atoms with Crippen LogP contribution in [0, 0.1) is 11.8 Å². The Bertz CT molecular complexity index is 444. The van der Waals surface area contributed by atoms with E-state index in [1.165, 1.54) is 0 Å². The molecule has 2 heterocycles. The molecule has 2 rings (SSSR count). The molecule has 0 bridgehead atoms. The number of nitrogens with zero attached hydrogens (tertiary/aromatic N) is 4. The highest BCUT2D eigenvalue weighted by molar-refractivity contribution is 5.92. The van der Waals surface area contributed by atoms with Gasteiger partial charge in [0.2, 0.25) is 0 Å².